The molecule has 1 heterocycles. The molecule has 6 heteroatoms. The molecule has 0 unspecified atom stereocenters. The first-order valence-corrected chi connectivity index (χ1v) is 6.38. The standard InChI is InChI=1S/C14H17N5O/c15-14(17-7-4-9-19-10-8-16-11-19)18-13(20)12-5-2-1-3-6-12/h1-3,5-6,8,10-11H,4,7,9H2,(H3,15,17,18,20). The summed E-state index contributed by atoms with van der Waals surface area (Å²) in [5.74, 6) is -0.106. The van der Waals surface area contributed by atoms with Gasteiger partial charge >= 0.3 is 0 Å². The number of hydrogen-bond donors (Lipinski definition) is 2. The predicted molar refractivity (Wildman–Crippen MR) is 77.2 cm³/mol. The second-order valence-corrected chi connectivity index (χ2v) is 4.24. The first kappa shape index (κ1) is 13.8. The maximum atomic E-state index is 11.8. The summed E-state index contributed by atoms with van der Waals surface area (Å²) in [4.78, 5) is 19.9. The van der Waals surface area contributed by atoms with Gasteiger partial charge < -0.3 is 10.3 Å². The van der Waals surface area contributed by atoms with Crippen LogP contribution in [0.1, 0.15) is 16.8 Å². The van der Waals surface area contributed by atoms with Gasteiger partial charge in [0.05, 0.1) is 6.33 Å². The Kier molecular flexibility index (Phi) is 4.88. The van der Waals surface area contributed by atoms with Gasteiger partial charge in [-0.2, -0.15) is 0 Å². The highest BCUT2D eigenvalue weighted by molar-refractivity contribution is 6.05. The zero-order chi connectivity index (χ0) is 14.2. The maximum Gasteiger partial charge on any atom is 0.257 e. The lowest BCUT2D eigenvalue weighted by atomic mass is 10.2. The van der Waals surface area contributed by atoms with Gasteiger partial charge in [0, 0.05) is 31.0 Å². The number of carbonyl (C=O) groups excluding carboxylic acids is 1. The molecule has 0 aliphatic carbocycles. The van der Waals surface area contributed by atoms with E-state index in [1.165, 1.54) is 0 Å². The van der Waals surface area contributed by atoms with Crippen LogP contribution in [0.25, 0.3) is 0 Å². The first-order chi connectivity index (χ1) is 9.75. The van der Waals surface area contributed by atoms with Crippen LogP contribution in [0.15, 0.2) is 54.0 Å². The lowest BCUT2D eigenvalue weighted by molar-refractivity contribution is 0.0976. The summed E-state index contributed by atoms with van der Waals surface area (Å²) in [5.41, 5.74) is 6.23. The number of amides is 1. The van der Waals surface area contributed by atoms with Gasteiger partial charge in [-0.25, -0.2) is 4.98 Å². The van der Waals surface area contributed by atoms with E-state index >= 15 is 0 Å². The first-order valence-electron chi connectivity index (χ1n) is 6.38. The van der Waals surface area contributed by atoms with Crippen molar-refractivity contribution >= 4 is 11.9 Å². The van der Waals surface area contributed by atoms with Crippen LogP contribution in [-0.4, -0.2) is 28.0 Å². The second kappa shape index (κ2) is 7.08. The van der Waals surface area contributed by atoms with E-state index in [1.54, 1.807) is 36.8 Å². The molecular weight excluding hydrogens is 254 g/mol. The van der Waals surface area contributed by atoms with Crippen LogP contribution in [0.5, 0.6) is 0 Å². The lowest BCUT2D eigenvalue weighted by Gasteiger charge is -2.04. The third-order valence-electron chi connectivity index (χ3n) is 2.69. The fraction of sp³-hybridized carbons (Fsp3) is 0.214. The molecule has 1 aromatic heterocycles. The molecule has 0 radical (unpaired) electrons. The summed E-state index contributed by atoms with van der Waals surface area (Å²) < 4.78 is 1.97. The molecule has 20 heavy (non-hydrogen) atoms. The SMILES string of the molecule is NC(=NCCCn1ccnc1)NC(=O)c1ccccc1. The topological polar surface area (TPSA) is 85.3 Å². The van der Waals surface area contributed by atoms with Gasteiger partial charge in [0.1, 0.15) is 0 Å². The molecule has 6 nitrogen and oxygen atoms in total. The number of carbonyl (C=O) groups is 1. The van der Waals surface area contributed by atoms with Gasteiger partial charge in [0.15, 0.2) is 5.96 Å². The Morgan fingerprint density at radius 2 is 2.15 bits per heavy atom. The molecule has 0 spiro atoms. The van der Waals surface area contributed by atoms with Crippen molar-refractivity contribution in [3.8, 4) is 0 Å². The van der Waals surface area contributed by atoms with Gasteiger partial charge in [-0.1, -0.05) is 18.2 Å². The molecule has 0 saturated carbocycles. The van der Waals surface area contributed by atoms with Gasteiger partial charge in [0.25, 0.3) is 5.91 Å². The number of benzene rings is 1. The highest BCUT2D eigenvalue weighted by Gasteiger charge is 2.04. The highest BCUT2D eigenvalue weighted by atomic mass is 16.1. The Morgan fingerprint density at radius 3 is 2.85 bits per heavy atom. The third-order valence-corrected chi connectivity index (χ3v) is 2.69. The van der Waals surface area contributed by atoms with E-state index in [4.69, 9.17) is 5.73 Å². The Bertz CT molecular complexity index is 563. The van der Waals surface area contributed by atoms with Crippen molar-refractivity contribution in [2.45, 2.75) is 13.0 Å². The minimum Gasteiger partial charge on any atom is -0.370 e. The van der Waals surface area contributed by atoms with Gasteiger partial charge in [-0.3, -0.25) is 15.1 Å². The molecule has 0 fully saturated rings. The van der Waals surface area contributed by atoms with E-state index in [2.05, 4.69) is 15.3 Å². The molecule has 2 rings (SSSR count). The van der Waals surface area contributed by atoms with Crippen LogP contribution in [0, 0.1) is 0 Å². The van der Waals surface area contributed by atoms with Crippen LogP contribution in [0.4, 0.5) is 0 Å². The minimum absolute atomic E-state index is 0.143. The van der Waals surface area contributed by atoms with Gasteiger partial charge in [0.2, 0.25) is 0 Å². The summed E-state index contributed by atoms with van der Waals surface area (Å²) in [6.07, 6.45) is 6.21. The minimum atomic E-state index is -0.249. The van der Waals surface area contributed by atoms with E-state index in [0.29, 0.717) is 12.1 Å². The number of aryl methyl sites for hydroxylation is 1. The Hall–Kier alpha value is -2.63. The zero-order valence-electron chi connectivity index (χ0n) is 11.1. The molecule has 104 valence electrons. The molecule has 0 bridgehead atoms. The number of rotatable bonds is 5. The highest BCUT2D eigenvalue weighted by Crippen LogP contribution is 1.97. The number of nitrogens with zero attached hydrogens (tertiary/aromatic N) is 3. The molecule has 1 aromatic carbocycles. The number of aromatic nitrogens is 2. The quantitative estimate of drug-likeness (QED) is 0.483. The maximum absolute atomic E-state index is 11.8. The predicted octanol–water partition coefficient (Wildman–Crippen LogP) is 1.02. The Morgan fingerprint density at radius 1 is 1.35 bits per heavy atom. The number of hydrogen-bond acceptors (Lipinski definition) is 3. The van der Waals surface area contributed by atoms with Crippen molar-refractivity contribution in [1.82, 2.24) is 14.9 Å². The van der Waals surface area contributed by atoms with Crippen LogP contribution in [0.2, 0.25) is 0 Å². The van der Waals surface area contributed by atoms with E-state index in [0.717, 1.165) is 13.0 Å². The van der Waals surface area contributed by atoms with E-state index in [1.807, 2.05) is 16.8 Å². The second-order valence-electron chi connectivity index (χ2n) is 4.24. The Balaban J connectivity index is 1.75. The van der Waals surface area contributed by atoms with E-state index in [9.17, 15) is 4.79 Å². The molecular formula is C14H17N5O. The molecule has 0 saturated heterocycles. The van der Waals surface area contributed by atoms with Crippen molar-refractivity contribution in [2.24, 2.45) is 10.7 Å². The monoisotopic (exact) mass is 271 g/mol. The van der Waals surface area contributed by atoms with E-state index < -0.39 is 0 Å². The van der Waals surface area contributed by atoms with Crippen molar-refractivity contribution < 1.29 is 4.79 Å². The average Bonchev–Trinajstić information content (AvgIpc) is 2.98. The summed E-state index contributed by atoms with van der Waals surface area (Å²) in [5, 5.41) is 2.56. The molecule has 0 aliphatic rings. The molecule has 0 atom stereocenters. The van der Waals surface area contributed by atoms with Crippen molar-refractivity contribution in [2.75, 3.05) is 6.54 Å². The van der Waals surface area contributed by atoms with Gasteiger partial charge in [-0.15, -0.1) is 0 Å². The molecule has 1 amide bonds. The number of nitrogens with two attached hydrogens (primary N) is 1. The summed E-state index contributed by atoms with van der Waals surface area (Å²) in [7, 11) is 0. The lowest BCUT2D eigenvalue weighted by Crippen LogP contribution is -2.36. The normalized spacial score (nSPS) is 11.3. The van der Waals surface area contributed by atoms with Gasteiger partial charge in [-0.05, 0) is 18.6 Å². The number of nitrogens with one attached hydrogen (secondary N) is 1. The zero-order valence-corrected chi connectivity index (χ0v) is 11.1. The largest absolute Gasteiger partial charge is 0.370 e. The van der Waals surface area contributed by atoms with Crippen LogP contribution in [-0.2, 0) is 6.54 Å². The average molecular weight is 271 g/mol. The molecule has 3 N–H and O–H groups in total. The number of imidazole rings is 1. The molecule has 2 aromatic rings. The van der Waals surface area contributed by atoms with Crippen LogP contribution >= 0.6 is 0 Å². The third kappa shape index (κ3) is 4.24. The van der Waals surface area contributed by atoms with Crippen molar-refractivity contribution in [3.05, 3.63) is 54.6 Å². The van der Waals surface area contributed by atoms with Crippen LogP contribution < -0.4 is 11.1 Å². The number of aliphatic imine (C=N–C) groups is 1. The summed E-state index contributed by atoms with van der Waals surface area (Å²) in [6, 6.07) is 8.90. The summed E-state index contributed by atoms with van der Waals surface area (Å²) >= 11 is 0. The fourth-order valence-corrected chi connectivity index (χ4v) is 1.69. The van der Waals surface area contributed by atoms with Crippen molar-refractivity contribution in [3.63, 3.8) is 0 Å². The van der Waals surface area contributed by atoms with Crippen molar-refractivity contribution in [1.29, 1.82) is 0 Å². The number of guanidine groups is 1. The molecule has 0 aliphatic heterocycles. The fourth-order valence-electron chi connectivity index (χ4n) is 1.69. The van der Waals surface area contributed by atoms with Crippen LogP contribution in [0.3, 0.4) is 0 Å². The summed E-state index contributed by atoms with van der Waals surface area (Å²) in [6.45, 7) is 1.38. The van der Waals surface area contributed by atoms with E-state index in [-0.39, 0.29) is 11.9 Å². The Labute approximate surface area is 117 Å². The smallest absolute Gasteiger partial charge is 0.257 e.